The van der Waals surface area contributed by atoms with Gasteiger partial charge in [0, 0.05) is 5.03 Å². The minimum absolute atomic E-state index is 0.688. The molecule has 0 aliphatic carbocycles. The lowest BCUT2D eigenvalue weighted by Crippen LogP contribution is -1.68. The first-order valence-corrected chi connectivity index (χ1v) is 3.74. The second-order valence-electron chi connectivity index (χ2n) is 2.12. The minimum Gasteiger partial charge on any atom is -0.0976 e. The summed E-state index contributed by atoms with van der Waals surface area (Å²) in [6.45, 7) is 7.72. The molecule has 0 rings (SSSR count). The van der Waals surface area contributed by atoms with Crippen molar-refractivity contribution < 1.29 is 0 Å². The molecule has 10 heavy (non-hydrogen) atoms. The molecule has 0 atom stereocenters. The Morgan fingerprint density at radius 3 is 2.50 bits per heavy atom. The maximum Gasteiger partial charge on any atom is 0.0400 e. The van der Waals surface area contributed by atoms with Gasteiger partial charge in [-0.05, 0) is 19.4 Å². The van der Waals surface area contributed by atoms with Gasteiger partial charge < -0.3 is 0 Å². The highest BCUT2D eigenvalue weighted by Crippen LogP contribution is 2.04. The Hall–Kier alpha value is -0.490. The van der Waals surface area contributed by atoms with E-state index >= 15 is 0 Å². The summed E-state index contributed by atoms with van der Waals surface area (Å²) in [5, 5.41) is 0.688. The highest BCUT2D eigenvalue weighted by molar-refractivity contribution is 6.31. The molecule has 0 amide bonds. The molecule has 0 aromatic rings. The third kappa shape index (κ3) is 4.39. The lowest BCUT2D eigenvalue weighted by molar-refractivity contribution is 1.10. The summed E-state index contributed by atoms with van der Waals surface area (Å²) in [5.41, 5.74) is 1.32. The average molecular weight is 157 g/mol. The van der Waals surface area contributed by atoms with Crippen LogP contribution in [0.25, 0.3) is 0 Å². The van der Waals surface area contributed by atoms with Crippen LogP contribution in [0.2, 0.25) is 0 Å². The lowest BCUT2D eigenvalue weighted by atomic mass is 10.2. The topological polar surface area (TPSA) is 0 Å². The molecule has 0 fully saturated rings. The Balaban J connectivity index is 4.03. The molecule has 0 heterocycles. The van der Waals surface area contributed by atoms with Gasteiger partial charge in [0.1, 0.15) is 0 Å². The van der Waals surface area contributed by atoms with Crippen molar-refractivity contribution in [2.75, 3.05) is 0 Å². The summed E-state index contributed by atoms with van der Waals surface area (Å²) in [7, 11) is 0. The molecule has 0 aliphatic rings. The van der Waals surface area contributed by atoms with Gasteiger partial charge in [-0.25, -0.2) is 0 Å². The van der Waals surface area contributed by atoms with E-state index in [1.807, 2.05) is 12.2 Å². The highest BCUT2D eigenvalue weighted by atomic mass is 35.5. The Morgan fingerprint density at radius 1 is 1.50 bits per heavy atom. The molecule has 0 N–H and O–H groups in total. The van der Waals surface area contributed by atoms with Gasteiger partial charge in [-0.3, -0.25) is 0 Å². The molecule has 0 saturated heterocycles. The maximum absolute atomic E-state index is 5.66. The molecule has 0 aliphatic heterocycles. The quantitative estimate of drug-likeness (QED) is 0.548. The van der Waals surface area contributed by atoms with Crippen molar-refractivity contribution in [3.63, 3.8) is 0 Å². The van der Waals surface area contributed by atoms with Crippen LogP contribution in [0.1, 0.15) is 20.3 Å². The Morgan fingerprint density at radius 2 is 2.10 bits per heavy atom. The monoisotopic (exact) mass is 156 g/mol. The molecule has 0 spiro atoms. The van der Waals surface area contributed by atoms with Gasteiger partial charge in [-0.15, -0.1) is 0 Å². The zero-order valence-electron chi connectivity index (χ0n) is 6.52. The normalized spacial score (nSPS) is 13.5. The number of allylic oxidation sites excluding steroid dienone is 5. The minimum atomic E-state index is 0.688. The number of halogens is 1. The van der Waals surface area contributed by atoms with Crippen LogP contribution < -0.4 is 0 Å². The number of hydrogen-bond donors (Lipinski definition) is 0. The van der Waals surface area contributed by atoms with Gasteiger partial charge in [-0.2, -0.15) is 0 Å². The van der Waals surface area contributed by atoms with Crippen LogP contribution in [-0.2, 0) is 0 Å². The van der Waals surface area contributed by atoms with Crippen molar-refractivity contribution in [2.24, 2.45) is 0 Å². The fourth-order valence-electron chi connectivity index (χ4n) is 0.408. The van der Waals surface area contributed by atoms with E-state index in [-0.39, 0.29) is 0 Å². The Bertz CT molecular complexity index is 164. The van der Waals surface area contributed by atoms with Crippen LogP contribution in [-0.4, -0.2) is 0 Å². The van der Waals surface area contributed by atoms with Crippen LogP contribution in [0.15, 0.2) is 35.4 Å². The molecule has 0 aromatic carbocycles. The van der Waals surface area contributed by atoms with Crippen LogP contribution in [0.5, 0.6) is 0 Å². The van der Waals surface area contributed by atoms with E-state index in [0.29, 0.717) is 5.03 Å². The van der Waals surface area contributed by atoms with Crippen LogP contribution >= 0.6 is 11.6 Å². The zero-order valence-corrected chi connectivity index (χ0v) is 7.28. The van der Waals surface area contributed by atoms with Crippen LogP contribution in [0.3, 0.4) is 0 Å². The largest absolute Gasteiger partial charge is 0.0976 e. The second-order valence-corrected chi connectivity index (χ2v) is 2.56. The predicted octanol–water partition coefficient (Wildman–Crippen LogP) is 3.65. The molecule has 0 nitrogen and oxygen atoms in total. The van der Waals surface area contributed by atoms with E-state index in [4.69, 9.17) is 11.6 Å². The van der Waals surface area contributed by atoms with Crippen molar-refractivity contribution in [3.05, 3.63) is 35.4 Å². The van der Waals surface area contributed by atoms with E-state index in [1.165, 1.54) is 5.57 Å². The average Bonchev–Trinajstić information content (AvgIpc) is 1.99. The van der Waals surface area contributed by atoms with E-state index in [1.54, 1.807) is 6.08 Å². The van der Waals surface area contributed by atoms with E-state index in [2.05, 4.69) is 20.4 Å². The number of rotatable bonds is 3. The first-order valence-electron chi connectivity index (χ1n) is 3.36. The molecular weight excluding hydrogens is 144 g/mol. The van der Waals surface area contributed by atoms with E-state index in [0.717, 1.165) is 6.42 Å². The molecule has 56 valence electrons. The predicted molar refractivity (Wildman–Crippen MR) is 48.2 cm³/mol. The first kappa shape index (κ1) is 9.51. The summed E-state index contributed by atoms with van der Waals surface area (Å²) in [5.74, 6) is 0. The first-order chi connectivity index (χ1) is 4.70. The molecule has 1 heteroatoms. The third-order valence-corrected chi connectivity index (χ3v) is 1.56. The molecule has 0 unspecified atom stereocenters. The Kier molecular flexibility index (Phi) is 5.05. The van der Waals surface area contributed by atoms with E-state index in [9.17, 15) is 0 Å². The zero-order chi connectivity index (χ0) is 7.98. The van der Waals surface area contributed by atoms with Gasteiger partial charge in [0.05, 0.1) is 0 Å². The summed E-state index contributed by atoms with van der Waals surface area (Å²) in [6.07, 6.45) is 6.55. The summed E-state index contributed by atoms with van der Waals surface area (Å²) < 4.78 is 0. The summed E-state index contributed by atoms with van der Waals surface area (Å²) >= 11 is 5.66. The summed E-state index contributed by atoms with van der Waals surface area (Å²) in [6, 6.07) is 0. The van der Waals surface area contributed by atoms with Crippen LogP contribution in [0, 0.1) is 0 Å². The highest BCUT2D eigenvalue weighted by Gasteiger charge is 1.81. The summed E-state index contributed by atoms with van der Waals surface area (Å²) in [4.78, 5) is 0. The smallest absolute Gasteiger partial charge is 0.0400 e. The molecule has 0 bridgehead atoms. The van der Waals surface area contributed by atoms with Crippen molar-refractivity contribution in [1.29, 1.82) is 0 Å². The van der Waals surface area contributed by atoms with Crippen molar-refractivity contribution >= 4 is 11.6 Å². The van der Waals surface area contributed by atoms with Crippen LogP contribution in [0.4, 0.5) is 0 Å². The molecule has 0 aromatic heterocycles. The lowest BCUT2D eigenvalue weighted by Gasteiger charge is -1.89. The van der Waals surface area contributed by atoms with Gasteiger partial charge in [-0.1, -0.05) is 42.8 Å². The number of hydrogen-bond acceptors (Lipinski definition) is 0. The molecule has 0 saturated carbocycles. The second kappa shape index (κ2) is 5.31. The Labute approximate surface area is 67.9 Å². The van der Waals surface area contributed by atoms with E-state index < -0.39 is 0 Å². The molecule has 0 radical (unpaired) electrons. The van der Waals surface area contributed by atoms with Gasteiger partial charge in [0.15, 0.2) is 0 Å². The van der Waals surface area contributed by atoms with Crippen molar-refractivity contribution in [3.8, 4) is 0 Å². The fourth-order valence-corrected chi connectivity index (χ4v) is 0.471. The fraction of sp³-hybridized carbons (Fsp3) is 0.333. The standard InChI is InChI=1S/C9H13Cl/c1-4-8(3)6-7-9(10)5-2/h5-7H,2,4H2,1,3H3/b8-6-,9-7+. The van der Waals surface area contributed by atoms with Gasteiger partial charge in [0.25, 0.3) is 0 Å². The van der Waals surface area contributed by atoms with Gasteiger partial charge >= 0.3 is 0 Å². The van der Waals surface area contributed by atoms with Crippen molar-refractivity contribution in [2.45, 2.75) is 20.3 Å². The van der Waals surface area contributed by atoms with Gasteiger partial charge in [0.2, 0.25) is 0 Å². The maximum atomic E-state index is 5.66. The third-order valence-electron chi connectivity index (χ3n) is 1.28. The molecular formula is C9H13Cl. The SMILES string of the molecule is C=C/C(Cl)=C\C=C(\C)CC. The van der Waals surface area contributed by atoms with Crippen molar-refractivity contribution in [1.82, 2.24) is 0 Å².